The monoisotopic (exact) mass is 555 g/mol. The number of benzene rings is 2. The van der Waals surface area contributed by atoms with Gasteiger partial charge in [0.15, 0.2) is 0 Å². The van der Waals surface area contributed by atoms with E-state index in [2.05, 4.69) is 5.32 Å². The molecule has 9 nitrogen and oxygen atoms in total. The smallest absolute Gasteiger partial charge is 0.412 e. The number of hydrogen-bond donors (Lipinski definition) is 1. The van der Waals surface area contributed by atoms with Crippen molar-refractivity contribution in [1.82, 2.24) is 5.32 Å². The van der Waals surface area contributed by atoms with Gasteiger partial charge >= 0.3 is 18.0 Å². The summed E-state index contributed by atoms with van der Waals surface area (Å²) < 4.78 is 28.2. The van der Waals surface area contributed by atoms with Crippen LogP contribution in [0.4, 0.5) is 4.79 Å². The lowest BCUT2D eigenvalue weighted by Gasteiger charge is -2.31. The number of nitrogens with one attached hydrogen (secondary N) is 1. The highest BCUT2D eigenvalue weighted by atomic mass is 16.6. The van der Waals surface area contributed by atoms with E-state index in [9.17, 15) is 14.4 Å². The number of esters is 2. The van der Waals surface area contributed by atoms with Gasteiger partial charge < -0.3 is 23.7 Å². The maximum atomic E-state index is 12.3. The Bertz CT molecular complexity index is 1100. The van der Waals surface area contributed by atoms with Crippen LogP contribution in [0, 0.1) is 0 Å². The molecule has 0 spiro atoms. The summed E-state index contributed by atoms with van der Waals surface area (Å²) in [6, 6.07) is 19.3. The van der Waals surface area contributed by atoms with E-state index in [1.165, 1.54) is 14.0 Å². The molecule has 0 aromatic heterocycles. The first-order chi connectivity index (χ1) is 19.0. The summed E-state index contributed by atoms with van der Waals surface area (Å²) in [6.07, 6.45) is -0.290. The van der Waals surface area contributed by atoms with Crippen LogP contribution in [0.1, 0.15) is 58.6 Å². The molecule has 0 aliphatic heterocycles. The first-order valence-corrected chi connectivity index (χ1v) is 13.2. The summed E-state index contributed by atoms with van der Waals surface area (Å²) in [5, 5.41) is 2.46. The second-order valence-corrected chi connectivity index (χ2v) is 10.2. The van der Waals surface area contributed by atoms with Gasteiger partial charge in [-0.1, -0.05) is 66.7 Å². The van der Waals surface area contributed by atoms with Crippen molar-refractivity contribution in [3.8, 4) is 0 Å². The molecule has 0 radical (unpaired) electrons. The fourth-order valence-corrected chi connectivity index (χ4v) is 3.86. The van der Waals surface area contributed by atoms with E-state index in [0.29, 0.717) is 19.4 Å². The molecular formula is C31H41NO8. The average molecular weight is 556 g/mol. The Labute approximate surface area is 236 Å². The normalized spacial score (nSPS) is 14.0. The van der Waals surface area contributed by atoms with Gasteiger partial charge in [0, 0.05) is 6.92 Å². The standard InChI is InChI=1S/C31H41NO8/c1-22(39-23(2)33)28(38-21-25-16-11-8-12-17-25)27(37-20-24-14-9-7-10-15-24)19-13-18-26(29(34)36-6)32-30(35)40-31(3,4)5/h7-12,14-18,22,27-28H,13,19-21H2,1-6H3,(H,32,35)/b26-18-/t22-,27-,28-/m0/s1. The second-order valence-electron chi connectivity index (χ2n) is 10.2. The largest absolute Gasteiger partial charge is 0.464 e. The number of alkyl carbamates (subject to hydrolysis) is 1. The van der Waals surface area contributed by atoms with Crippen molar-refractivity contribution in [3.05, 3.63) is 83.6 Å². The molecule has 0 unspecified atom stereocenters. The minimum Gasteiger partial charge on any atom is -0.464 e. The Morgan fingerprint density at radius 3 is 1.95 bits per heavy atom. The molecular weight excluding hydrogens is 514 g/mol. The SMILES string of the molecule is COC(=O)/C(=C/CC[C@H](OCc1ccccc1)[C@@H](OCc1ccccc1)[C@H](C)OC(C)=O)NC(=O)OC(C)(C)C. The zero-order chi connectivity index (χ0) is 29.5. The van der Waals surface area contributed by atoms with Crippen molar-refractivity contribution < 1.29 is 38.1 Å². The van der Waals surface area contributed by atoms with Crippen molar-refractivity contribution in [2.45, 2.75) is 84.6 Å². The van der Waals surface area contributed by atoms with Gasteiger partial charge in [0.25, 0.3) is 0 Å². The third kappa shape index (κ3) is 12.4. The van der Waals surface area contributed by atoms with E-state index < -0.39 is 41.9 Å². The van der Waals surface area contributed by atoms with Gasteiger partial charge in [0.1, 0.15) is 23.5 Å². The molecule has 0 bridgehead atoms. The minimum absolute atomic E-state index is 0.0478. The maximum absolute atomic E-state index is 12.3. The quantitative estimate of drug-likeness (QED) is 0.186. The van der Waals surface area contributed by atoms with Crippen LogP contribution in [0.5, 0.6) is 0 Å². The first kappa shape index (κ1) is 32.5. The van der Waals surface area contributed by atoms with Crippen LogP contribution < -0.4 is 5.32 Å². The Morgan fingerprint density at radius 2 is 1.45 bits per heavy atom. The summed E-state index contributed by atoms with van der Waals surface area (Å²) in [4.78, 5) is 36.5. The third-order valence-electron chi connectivity index (χ3n) is 5.61. The highest BCUT2D eigenvalue weighted by molar-refractivity contribution is 5.92. The fraction of sp³-hybridized carbons (Fsp3) is 0.452. The van der Waals surface area contributed by atoms with Crippen molar-refractivity contribution in [2.24, 2.45) is 0 Å². The number of carbonyl (C=O) groups is 3. The molecule has 2 aromatic carbocycles. The molecule has 0 aliphatic rings. The number of allylic oxidation sites excluding steroid dienone is 1. The van der Waals surface area contributed by atoms with E-state index in [1.807, 2.05) is 60.7 Å². The molecule has 0 saturated carbocycles. The molecule has 0 fully saturated rings. The fourth-order valence-electron chi connectivity index (χ4n) is 3.86. The summed E-state index contributed by atoms with van der Waals surface area (Å²) in [5.41, 5.74) is 1.14. The van der Waals surface area contributed by atoms with Crippen LogP contribution in [0.3, 0.4) is 0 Å². The van der Waals surface area contributed by atoms with Gasteiger partial charge in [-0.05, 0) is 51.7 Å². The van der Waals surface area contributed by atoms with Crippen molar-refractivity contribution in [3.63, 3.8) is 0 Å². The van der Waals surface area contributed by atoms with Crippen LogP contribution >= 0.6 is 0 Å². The third-order valence-corrected chi connectivity index (χ3v) is 5.61. The number of amides is 1. The average Bonchev–Trinajstić information content (AvgIpc) is 2.90. The highest BCUT2D eigenvalue weighted by Gasteiger charge is 2.31. The highest BCUT2D eigenvalue weighted by Crippen LogP contribution is 2.21. The zero-order valence-corrected chi connectivity index (χ0v) is 24.2. The van der Waals surface area contributed by atoms with Crippen LogP contribution in [-0.4, -0.2) is 49.1 Å². The van der Waals surface area contributed by atoms with E-state index in [-0.39, 0.29) is 12.3 Å². The summed E-state index contributed by atoms with van der Waals surface area (Å²) in [7, 11) is 1.23. The molecule has 1 N–H and O–H groups in total. The van der Waals surface area contributed by atoms with Gasteiger partial charge in [-0.15, -0.1) is 0 Å². The first-order valence-electron chi connectivity index (χ1n) is 13.2. The molecule has 9 heteroatoms. The minimum atomic E-state index is -0.770. The zero-order valence-electron chi connectivity index (χ0n) is 24.2. The van der Waals surface area contributed by atoms with Crippen LogP contribution in [0.15, 0.2) is 72.4 Å². The molecule has 3 atom stereocenters. The van der Waals surface area contributed by atoms with E-state index in [1.54, 1.807) is 33.8 Å². The molecule has 218 valence electrons. The van der Waals surface area contributed by atoms with Crippen LogP contribution in [0.25, 0.3) is 0 Å². The van der Waals surface area contributed by atoms with E-state index in [4.69, 9.17) is 23.7 Å². The lowest BCUT2D eigenvalue weighted by molar-refractivity contribution is -0.168. The molecule has 0 heterocycles. The van der Waals surface area contributed by atoms with E-state index in [0.717, 1.165) is 11.1 Å². The Balaban J connectivity index is 2.27. The predicted octanol–water partition coefficient (Wildman–Crippen LogP) is 5.47. The molecule has 0 saturated heterocycles. The number of ether oxygens (including phenoxy) is 5. The number of hydrogen-bond acceptors (Lipinski definition) is 8. The number of rotatable bonds is 14. The van der Waals surface area contributed by atoms with Gasteiger partial charge in [-0.2, -0.15) is 0 Å². The molecule has 1 amide bonds. The second kappa shape index (κ2) is 16.4. The molecule has 0 aliphatic carbocycles. The Kier molecular flexibility index (Phi) is 13.4. The number of carbonyl (C=O) groups excluding carboxylic acids is 3. The van der Waals surface area contributed by atoms with Crippen molar-refractivity contribution >= 4 is 18.0 Å². The van der Waals surface area contributed by atoms with Gasteiger partial charge in [0.2, 0.25) is 0 Å². The lowest BCUT2D eigenvalue weighted by Crippen LogP contribution is -2.42. The van der Waals surface area contributed by atoms with Crippen LogP contribution in [-0.2, 0) is 46.5 Å². The molecule has 2 aromatic rings. The summed E-state index contributed by atoms with van der Waals surface area (Å²) in [5.74, 6) is -1.14. The van der Waals surface area contributed by atoms with E-state index >= 15 is 0 Å². The Hall–Kier alpha value is -3.69. The van der Waals surface area contributed by atoms with Crippen LogP contribution in [0.2, 0.25) is 0 Å². The van der Waals surface area contributed by atoms with Gasteiger partial charge in [-0.3, -0.25) is 10.1 Å². The van der Waals surface area contributed by atoms with Gasteiger partial charge in [-0.25, -0.2) is 9.59 Å². The number of methoxy groups -OCH3 is 1. The van der Waals surface area contributed by atoms with Gasteiger partial charge in [0.05, 0.1) is 26.4 Å². The van der Waals surface area contributed by atoms with Crippen molar-refractivity contribution in [1.29, 1.82) is 0 Å². The molecule has 2 rings (SSSR count). The predicted molar refractivity (Wildman–Crippen MR) is 150 cm³/mol. The van der Waals surface area contributed by atoms with Crippen molar-refractivity contribution in [2.75, 3.05) is 7.11 Å². The summed E-state index contributed by atoms with van der Waals surface area (Å²) in [6.45, 7) is 8.86. The molecule has 40 heavy (non-hydrogen) atoms. The maximum Gasteiger partial charge on any atom is 0.412 e. The Morgan fingerprint density at radius 1 is 0.900 bits per heavy atom. The summed E-state index contributed by atoms with van der Waals surface area (Å²) >= 11 is 0. The lowest BCUT2D eigenvalue weighted by atomic mass is 10.0. The topological polar surface area (TPSA) is 109 Å².